The molecule has 1 aromatic rings. The predicted octanol–water partition coefficient (Wildman–Crippen LogP) is 3.75. The second kappa shape index (κ2) is 6.24. The van der Waals surface area contributed by atoms with Crippen molar-refractivity contribution in [1.82, 2.24) is 5.32 Å². The van der Waals surface area contributed by atoms with Crippen molar-refractivity contribution in [3.8, 4) is 5.75 Å². The van der Waals surface area contributed by atoms with Crippen LogP contribution in [0.2, 0.25) is 0 Å². The lowest BCUT2D eigenvalue weighted by Gasteiger charge is -2.28. The maximum atomic E-state index is 5.67. The molecule has 0 radical (unpaired) electrons. The van der Waals surface area contributed by atoms with Crippen LogP contribution in [0.15, 0.2) is 24.3 Å². The van der Waals surface area contributed by atoms with Crippen molar-refractivity contribution in [2.24, 2.45) is 0 Å². The first-order valence-corrected chi connectivity index (χ1v) is 6.79. The first-order valence-electron chi connectivity index (χ1n) is 6.79. The molecule has 1 rings (SSSR count). The van der Waals surface area contributed by atoms with Crippen molar-refractivity contribution >= 4 is 0 Å². The summed E-state index contributed by atoms with van der Waals surface area (Å²) in [5.41, 5.74) is 1.54. The van der Waals surface area contributed by atoms with E-state index in [1.807, 2.05) is 20.9 Å². The average molecular weight is 249 g/mol. The molecule has 2 heteroatoms. The molecule has 0 fully saturated rings. The highest BCUT2D eigenvalue weighted by Gasteiger charge is 2.22. The lowest BCUT2D eigenvalue weighted by atomic mass is 9.79. The van der Waals surface area contributed by atoms with Crippen LogP contribution < -0.4 is 10.1 Å². The Morgan fingerprint density at radius 2 is 1.67 bits per heavy atom. The Kier molecular flexibility index (Phi) is 5.21. The predicted molar refractivity (Wildman–Crippen MR) is 78.4 cm³/mol. The molecule has 0 aliphatic rings. The van der Waals surface area contributed by atoms with E-state index in [0.717, 1.165) is 12.2 Å². The zero-order chi connectivity index (χ0) is 13.8. The summed E-state index contributed by atoms with van der Waals surface area (Å²) in [5, 5.41) is 3.30. The van der Waals surface area contributed by atoms with E-state index in [-0.39, 0.29) is 11.5 Å². The fourth-order valence-corrected chi connectivity index (χ4v) is 2.24. The van der Waals surface area contributed by atoms with Crippen LogP contribution in [-0.2, 0) is 5.41 Å². The largest absolute Gasteiger partial charge is 0.491 e. The SMILES string of the molecule is CNC(C)CC(C)(C)c1ccc(OC(C)C)cc1. The van der Waals surface area contributed by atoms with Crippen molar-refractivity contribution in [1.29, 1.82) is 0 Å². The second-order valence-corrected chi connectivity index (χ2v) is 5.97. The Morgan fingerprint density at radius 1 is 1.11 bits per heavy atom. The van der Waals surface area contributed by atoms with Crippen LogP contribution in [-0.4, -0.2) is 19.2 Å². The lowest BCUT2D eigenvalue weighted by molar-refractivity contribution is 0.242. The highest BCUT2D eigenvalue weighted by molar-refractivity contribution is 5.31. The average Bonchev–Trinajstić information content (AvgIpc) is 2.28. The molecule has 1 unspecified atom stereocenters. The Morgan fingerprint density at radius 3 is 2.11 bits per heavy atom. The number of rotatable bonds is 6. The topological polar surface area (TPSA) is 21.3 Å². The fourth-order valence-electron chi connectivity index (χ4n) is 2.24. The van der Waals surface area contributed by atoms with Crippen LogP contribution >= 0.6 is 0 Å². The molecular weight excluding hydrogens is 222 g/mol. The van der Waals surface area contributed by atoms with Crippen LogP contribution in [0.3, 0.4) is 0 Å². The number of hydrogen-bond acceptors (Lipinski definition) is 2. The molecule has 0 aliphatic carbocycles. The molecule has 18 heavy (non-hydrogen) atoms. The Labute approximate surface area is 112 Å². The molecule has 0 heterocycles. The summed E-state index contributed by atoms with van der Waals surface area (Å²) in [6.45, 7) is 10.9. The van der Waals surface area contributed by atoms with Gasteiger partial charge in [-0.2, -0.15) is 0 Å². The molecule has 102 valence electrons. The monoisotopic (exact) mass is 249 g/mol. The summed E-state index contributed by atoms with van der Waals surface area (Å²) in [5.74, 6) is 0.950. The van der Waals surface area contributed by atoms with Crippen molar-refractivity contribution in [3.63, 3.8) is 0 Å². The fraction of sp³-hybridized carbons (Fsp3) is 0.625. The zero-order valence-corrected chi connectivity index (χ0v) is 12.6. The zero-order valence-electron chi connectivity index (χ0n) is 12.6. The standard InChI is InChI=1S/C16H27NO/c1-12(2)18-15-9-7-14(8-10-15)16(4,5)11-13(3)17-6/h7-10,12-13,17H,11H2,1-6H3. The second-order valence-electron chi connectivity index (χ2n) is 5.97. The van der Waals surface area contributed by atoms with Gasteiger partial charge < -0.3 is 10.1 Å². The van der Waals surface area contributed by atoms with Gasteiger partial charge in [-0.15, -0.1) is 0 Å². The molecule has 1 atom stereocenters. The smallest absolute Gasteiger partial charge is 0.119 e. The first kappa shape index (κ1) is 15.0. The van der Waals surface area contributed by atoms with Crippen molar-refractivity contribution in [3.05, 3.63) is 29.8 Å². The Bertz CT molecular complexity index is 354. The van der Waals surface area contributed by atoms with Crippen molar-refractivity contribution in [2.45, 2.75) is 58.6 Å². The molecule has 0 spiro atoms. The van der Waals surface area contributed by atoms with Crippen LogP contribution in [0, 0.1) is 0 Å². The minimum absolute atomic E-state index is 0.179. The molecule has 0 saturated heterocycles. The summed E-state index contributed by atoms with van der Waals surface area (Å²) >= 11 is 0. The molecule has 2 nitrogen and oxygen atoms in total. The van der Waals surface area contributed by atoms with Gasteiger partial charge in [-0.1, -0.05) is 26.0 Å². The van der Waals surface area contributed by atoms with E-state index in [4.69, 9.17) is 4.74 Å². The maximum Gasteiger partial charge on any atom is 0.119 e. The van der Waals surface area contributed by atoms with Gasteiger partial charge in [0.15, 0.2) is 0 Å². The molecule has 0 saturated carbocycles. The van der Waals surface area contributed by atoms with E-state index in [1.165, 1.54) is 5.56 Å². The number of ether oxygens (including phenoxy) is 1. The van der Waals surface area contributed by atoms with Gasteiger partial charge in [0.05, 0.1) is 6.10 Å². The normalized spacial score (nSPS) is 13.7. The Balaban J connectivity index is 2.77. The van der Waals surface area contributed by atoms with E-state index in [0.29, 0.717) is 6.04 Å². The first-order chi connectivity index (χ1) is 8.35. The molecule has 0 aromatic heterocycles. The number of hydrogen-bond donors (Lipinski definition) is 1. The molecule has 0 aliphatic heterocycles. The summed E-state index contributed by atoms with van der Waals surface area (Å²) in [4.78, 5) is 0. The van der Waals surface area contributed by atoms with Crippen LogP contribution in [0.1, 0.15) is 46.6 Å². The third-order valence-electron chi connectivity index (χ3n) is 3.32. The minimum atomic E-state index is 0.179. The van der Waals surface area contributed by atoms with E-state index >= 15 is 0 Å². The quantitative estimate of drug-likeness (QED) is 0.829. The summed E-state index contributed by atoms with van der Waals surface area (Å²) in [6.07, 6.45) is 1.35. The molecule has 0 bridgehead atoms. The van der Waals surface area contributed by atoms with Gasteiger partial charge in [-0.3, -0.25) is 0 Å². The summed E-state index contributed by atoms with van der Waals surface area (Å²) in [6, 6.07) is 9.02. The van der Waals surface area contributed by atoms with Gasteiger partial charge in [0, 0.05) is 6.04 Å². The highest BCUT2D eigenvalue weighted by atomic mass is 16.5. The van der Waals surface area contributed by atoms with Crippen LogP contribution in [0.25, 0.3) is 0 Å². The van der Waals surface area contributed by atoms with Crippen molar-refractivity contribution in [2.75, 3.05) is 7.05 Å². The van der Waals surface area contributed by atoms with Gasteiger partial charge in [0.1, 0.15) is 5.75 Å². The maximum absolute atomic E-state index is 5.67. The number of benzene rings is 1. The van der Waals surface area contributed by atoms with E-state index in [9.17, 15) is 0 Å². The Hall–Kier alpha value is -1.02. The van der Waals surface area contributed by atoms with Gasteiger partial charge >= 0.3 is 0 Å². The molecule has 1 aromatic carbocycles. The molecule has 1 N–H and O–H groups in total. The molecule has 0 amide bonds. The van der Waals surface area contributed by atoms with Crippen LogP contribution in [0.5, 0.6) is 5.75 Å². The van der Waals surface area contributed by atoms with Crippen molar-refractivity contribution < 1.29 is 4.74 Å². The summed E-state index contributed by atoms with van der Waals surface area (Å²) in [7, 11) is 2.01. The van der Waals surface area contributed by atoms with Crippen LogP contribution in [0.4, 0.5) is 0 Å². The van der Waals surface area contributed by atoms with Gasteiger partial charge in [0.2, 0.25) is 0 Å². The highest BCUT2D eigenvalue weighted by Crippen LogP contribution is 2.29. The van der Waals surface area contributed by atoms with E-state index < -0.39 is 0 Å². The van der Waals surface area contributed by atoms with Gasteiger partial charge in [0.25, 0.3) is 0 Å². The van der Waals surface area contributed by atoms with E-state index in [1.54, 1.807) is 0 Å². The lowest BCUT2D eigenvalue weighted by Crippen LogP contribution is -2.30. The summed E-state index contributed by atoms with van der Waals surface area (Å²) < 4.78 is 5.67. The van der Waals surface area contributed by atoms with Gasteiger partial charge in [-0.25, -0.2) is 0 Å². The van der Waals surface area contributed by atoms with E-state index in [2.05, 4.69) is 50.4 Å². The number of nitrogens with one attached hydrogen (secondary N) is 1. The van der Waals surface area contributed by atoms with Gasteiger partial charge in [-0.05, 0) is 57.4 Å². The minimum Gasteiger partial charge on any atom is -0.491 e. The molecular formula is C16H27NO. The third-order valence-corrected chi connectivity index (χ3v) is 3.32. The third kappa shape index (κ3) is 4.34.